The second-order valence-corrected chi connectivity index (χ2v) is 13.5. The summed E-state index contributed by atoms with van der Waals surface area (Å²) in [6.07, 6.45) is 4.37. The number of rotatable bonds is 18. The average Bonchev–Trinajstić information content (AvgIpc) is 3.07. The van der Waals surface area contributed by atoms with Crippen LogP contribution in [-0.4, -0.2) is 64.5 Å². The zero-order valence-corrected chi connectivity index (χ0v) is 28.1. The smallest absolute Gasteiger partial charge is 0.283 e. The van der Waals surface area contributed by atoms with Crippen molar-refractivity contribution in [1.29, 1.82) is 0 Å². The van der Waals surface area contributed by atoms with Crippen molar-refractivity contribution in [3.8, 4) is 0 Å². The molecule has 14 heteroatoms. The van der Waals surface area contributed by atoms with E-state index in [1.165, 1.54) is 25.5 Å². The molecule has 0 bridgehead atoms. The van der Waals surface area contributed by atoms with Gasteiger partial charge in [0.25, 0.3) is 11.6 Å². The van der Waals surface area contributed by atoms with Crippen molar-refractivity contribution in [2.75, 3.05) is 13.6 Å². The first-order valence-electron chi connectivity index (χ1n) is 15.2. The van der Waals surface area contributed by atoms with Gasteiger partial charge in [0.05, 0.1) is 15.1 Å². The third-order valence-electron chi connectivity index (χ3n) is 6.98. The number of benzene rings is 2. The highest BCUT2D eigenvalue weighted by Crippen LogP contribution is 2.40. The molecule has 0 aliphatic rings. The summed E-state index contributed by atoms with van der Waals surface area (Å²) in [5, 5.41) is 22.0. The molecule has 4 amide bonds. The molecule has 1 aromatic heterocycles. The third-order valence-corrected chi connectivity index (χ3v) is 9.81. The summed E-state index contributed by atoms with van der Waals surface area (Å²) < 4.78 is 0. The van der Waals surface area contributed by atoms with Crippen molar-refractivity contribution < 1.29 is 24.1 Å². The Morgan fingerprint density at radius 1 is 0.872 bits per heavy atom. The van der Waals surface area contributed by atoms with Crippen LogP contribution in [0.1, 0.15) is 49.0 Å². The molecule has 3 aromatic rings. The molecule has 250 valence electrons. The van der Waals surface area contributed by atoms with E-state index < -0.39 is 34.1 Å². The highest BCUT2D eigenvalue weighted by atomic mass is 33.1. The standard InChI is InChI=1S/C33H40N6O6S2/c1-22(2)20-25(32(42)37-26(31(41)34-3)21-23-10-5-4-6-11-23)38-33(43)29(47-46-28-13-8-7-12-27(28)39(44)45)14-9-17-36-30(40)24-15-18-35-19-16-24/h4-8,10-13,15-16,18-19,22,25-26,29H,9,14,17,20-21H2,1-3H3,(H,34,41)(H,36,40)(H,37,42)(H,38,43)/t25?,26-,29?/m0/s1. The first kappa shape index (κ1) is 37.0. The number of nitrogens with one attached hydrogen (secondary N) is 4. The third kappa shape index (κ3) is 12.4. The Kier molecular flexibility index (Phi) is 15.2. The molecule has 0 saturated heterocycles. The summed E-state index contributed by atoms with van der Waals surface area (Å²) in [6.45, 7) is 4.13. The fourth-order valence-electron chi connectivity index (χ4n) is 4.58. The first-order valence-corrected chi connectivity index (χ1v) is 17.4. The molecular weight excluding hydrogens is 641 g/mol. The normalized spacial score (nSPS) is 12.8. The van der Waals surface area contributed by atoms with Crippen LogP contribution in [0.3, 0.4) is 0 Å². The molecule has 0 radical (unpaired) electrons. The zero-order chi connectivity index (χ0) is 34.2. The number of aromatic nitrogens is 1. The van der Waals surface area contributed by atoms with E-state index in [-0.39, 0.29) is 36.4 Å². The Morgan fingerprint density at radius 3 is 2.19 bits per heavy atom. The van der Waals surface area contributed by atoms with Crippen LogP contribution in [0.5, 0.6) is 0 Å². The molecule has 2 aromatic carbocycles. The van der Waals surface area contributed by atoms with Crippen molar-refractivity contribution >= 4 is 50.9 Å². The Balaban J connectivity index is 1.74. The van der Waals surface area contributed by atoms with Crippen LogP contribution in [0.15, 0.2) is 84.0 Å². The Hall–Kier alpha value is -4.43. The number of hydrogen-bond acceptors (Lipinski definition) is 9. The quantitative estimate of drug-likeness (QED) is 0.0661. The van der Waals surface area contributed by atoms with Gasteiger partial charge in [0.15, 0.2) is 0 Å². The van der Waals surface area contributed by atoms with E-state index in [0.29, 0.717) is 29.7 Å². The van der Waals surface area contributed by atoms with E-state index in [9.17, 15) is 29.3 Å². The minimum atomic E-state index is -0.934. The van der Waals surface area contributed by atoms with E-state index >= 15 is 0 Å². The van der Waals surface area contributed by atoms with Crippen LogP contribution in [0.2, 0.25) is 0 Å². The molecule has 0 spiro atoms. The predicted octanol–water partition coefficient (Wildman–Crippen LogP) is 4.31. The van der Waals surface area contributed by atoms with E-state index in [1.54, 1.807) is 30.3 Å². The summed E-state index contributed by atoms with van der Waals surface area (Å²) in [4.78, 5) is 67.9. The maximum Gasteiger partial charge on any atom is 0.283 e. The van der Waals surface area contributed by atoms with Gasteiger partial charge in [-0.25, -0.2) is 0 Å². The van der Waals surface area contributed by atoms with Gasteiger partial charge in [0.1, 0.15) is 12.1 Å². The molecule has 0 saturated carbocycles. The Labute approximate surface area is 282 Å². The first-order chi connectivity index (χ1) is 22.6. The van der Waals surface area contributed by atoms with Gasteiger partial charge in [-0.2, -0.15) is 0 Å². The zero-order valence-electron chi connectivity index (χ0n) is 26.5. The molecule has 1 heterocycles. The summed E-state index contributed by atoms with van der Waals surface area (Å²) in [5.41, 5.74) is 1.25. The van der Waals surface area contributed by atoms with Crippen molar-refractivity contribution in [2.45, 2.75) is 61.8 Å². The highest BCUT2D eigenvalue weighted by Gasteiger charge is 2.30. The number of amides is 4. The summed E-state index contributed by atoms with van der Waals surface area (Å²) in [7, 11) is 3.75. The summed E-state index contributed by atoms with van der Waals surface area (Å²) >= 11 is 0. The van der Waals surface area contributed by atoms with Crippen LogP contribution in [0, 0.1) is 16.0 Å². The number of nitro benzene ring substituents is 1. The molecule has 0 aliphatic heterocycles. The van der Waals surface area contributed by atoms with E-state index in [1.807, 2.05) is 44.2 Å². The van der Waals surface area contributed by atoms with Crippen LogP contribution in [0.4, 0.5) is 5.69 Å². The molecule has 47 heavy (non-hydrogen) atoms. The summed E-state index contributed by atoms with van der Waals surface area (Å²) in [5.74, 6) is -1.52. The van der Waals surface area contributed by atoms with Crippen LogP contribution in [0.25, 0.3) is 0 Å². The fourth-order valence-corrected chi connectivity index (χ4v) is 7.21. The second kappa shape index (κ2) is 19.3. The van der Waals surface area contributed by atoms with Crippen molar-refractivity contribution in [3.05, 3.63) is 100 Å². The molecular formula is C33H40N6O6S2. The van der Waals surface area contributed by atoms with Gasteiger partial charge in [-0.15, -0.1) is 0 Å². The minimum Gasteiger partial charge on any atom is -0.357 e. The Morgan fingerprint density at radius 2 is 1.53 bits per heavy atom. The van der Waals surface area contributed by atoms with Gasteiger partial charge in [-0.05, 0) is 59.7 Å². The monoisotopic (exact) mass is 680 g/mol. The topological polar surface area (TPSA) is 172 Å². The molecule has 12 nitrogen and oxygen atoms in total. The maximum atomic E-state index is 13.8. The lowest BCUT2D eigenvalue weighted by Crippen LogP contribution is -2.55. The lowest BCUT2D eigenvalue weighted by Gasteiger charge is -2.25. The lowest BCUT2D eigenvalue weighted by atomic mass is 10.0. The van der Waals surface area contributed by atoms with E-state index in [2.05, 4.69) is 26.3 Å². The van der Waals surface area contributed by atoms with Crippen molar-refractivity contribution in [2.24, 2.45) is 5.92 Å². The van der Waals surface area contributed by atoms with Crippen LogP contribution in [-0.2, 0) is 20.8 Å². The number of pyridine rings is 1. The lowest BCUT2D eigenvalue weighted by molar-refractivity contribution is -0.387. The number of para-hydroxylation sites is 1. The van der Waals surface area contributed by atoms with Gasteiger partial charge in [0.2, 0.25) is 17.7 Å². The predicted molar refractivity (Wildman–Crippen MR) is 184 cm³/mol. The molecule has 0 fully saturated rings. The van der Waals surface area contributed by atoms with Gasteiger partial charge in [-0.1, -0.05) is 67.1 Å². The van der Waals surface area contributed by atoms with E-state index in [0.717, 1.165) is 27.2 Å². The largest absolute Gasteiger partial charge is 0.357 e. The van der Waals surface area contributed by atoms with Gasteiger partial charge in [0, 0.05) is 44.0 Å². The minimum absolute atomic E-state index is 0.0365. The Bertz CT molecular complexity index is 1500. The number of carbonyl (C=O) groups excluding carboxylic acids is 4. The number of likely N-dealkylation sites (N-methyl/N-ethyl adjacent to an activating group) is 1. The number of nitro groups is 1. The summed E-state index contributed by atoms with van der Waals surface area (Å²) in [6, 6.07) is 17.0. The highest BCUT2D eigenvalue weighted by molar-refractivity contribution is 8.77. The second-order valence-electron chi connectivity index (χ2n) is 11.1. The van der Waals surface area contributed by atoms with Crippen molar-refractivity contribution in [1.82, 2.24) is 26.3 Å². The van der Waals surface area contributed by atoms with Gasteiger partial charge < -0.3 is 21.3 Å². The van der Waals surface area contributed by atoms with Gasteiger partial charge >= 0.3 is 0 Å². The van der Waals surface area contributed by atoms with Gasteiger partial charge in [-0.3, -0.25) is 34.3 Å². The fraction of sp³-hybridized carbons (Fsp3) is 0.364. The van der Waals surface area contributed by atoms with Crippen LogP contribution >= 0.6 is 21.6 Å². The SMILES string of the molecule is CNC(=O)[C@H](Cc1ccccc1)NC(=O)C(CC(C)C)NC(=O)C(CCCNC(=O)c1ccncc1)SSc1ccccc1[N+](=O)[O-]. The molecule has 0 aliphatic carbocycles. The average molecular weight is 681 g/mol. The van der Waals surface area contributed by atoms with Crippen molar-refractivity contribution in [3.63, 3.8) is 0 Å². The van der Waals surface area contributed by atoms with E-state index in [4.69, 9.17) is 0 Å². The number of nitrogens with zero attached hydrogens (tertiary/aromatic N) is 2. The molecule has 4 N–H and O–H groups in total. The maximum absolute atomic E-state index is 13.8. The molecule has 3 atom stereocenters. The molecule has 2 unspecified atom stereocenters. The number of carbonyl (C=O) groups is 4. The number of hydrogen-bond donors (Lipinski definition) is 4. The van der Waals surface area contributed by atoms with Crippen LogP contribution < -0.4 is 21.3 Å². The molecule has 3 rings (SSSR count).